The number of fused-ring (bicyclic) bond motifs is 3. The number of rotatable bonds is 2. The molecule has 2 aliphatic carbocycles. The van der Waals surface area contributed by atoms with Crippen LogP contribution < -0.4 is 10.4 Å². The summed E-state index contributed by atoms with van der Waals surface area (Å²) in [5.74, 6) is 1.28. The fraction of sp³-hybridized carbons (Fsp3) is 0.0769. The molecule has 1 atom stereocenters. The highest BCUT2D eigenvalue weighted by Crippen LogP contribution is 2.33. The van der Waals surface area contributed by atoms with Crippen LogP contribution in [0, 0.1) is 5.92 Å². The molecule has 29 heavy (non-hydrogen) atoms. The molecule has 0 spiro atoms. The number of benzene rings is 3. The van der Waals surface area contributed by atoms with Gasteiger partial charge in [0.2, 0.25) is 0 Å². The van der Waals surface area contributed by atoms with Crippen LogP contribution in [-0.4, -0.2) is 9.36 Å². The summed E-state index contributed by atoms with van der Waals surface area (Å²) in [6.45, 7) is 0. The molecule has 0 fully saturated rings. The molecular formula is C26H18N2S. The van der Waals surface area contributed by atoms with E-state index in [2.05, 4.69) is 95.4 Å². The van der Waals surface area contributed by atoms with E-state index in [1.165, 1.54) is 38.3 Å². The Bertz CT molecular complexity index is 1440. The Morgan fingerprint density at radius 2 is 1.66 bits per heavy atom. The van der Waals surface area contributed by atoms with E-state index in [1.807, 2.05) is 0 Å². The van der Waals surface area contributed by atoms with Crippen LogP contribution in [0.3, 0.4) is 0 Å². The van der Waals surface area contributed by atoms with Crippen molar-refractivity contribution < 1.29 is 0 Å². The van der Waals surface area contributed by atoms with E-state index < -0.39 is 0 Å². The summed E-state index contributed by atoms with van der Waals surface area (Å²) in [6.07, 6.45) is 10.2. The van der Waals surface area contributed by atoms with E-state index in [0.717, 1.165) is 28.4 Å². The average Bonchev–Trinajstić information content (AvgIpc) is 3.27. The zero-order chi connectivity index (χ0) is 19.2. The first-order valence-corrected chi connectivity index (χ1v) is 10.6. The van der Waals surface area contributed by atoms with Crippen LogP contribution in [-0.2, 0) is 0 Å². The first-order valence-electron chi connectivity index (χ1n) is 9.87. The Labute approximate surface area is 173 Å². The molecule has 2 aliphatic rings. The third kappa shape index (κ3) is 2.95. The largest absolute Gasteiger partial charge is 0.215 e. The minimum absolute atomic E-state index is 0.451. The van der Waals surface area contributed by atoms with Gasteiger partial charge in [-0.3, -0.25) is 0 Å². The molecule has 1 aromatic heterocycles. The van der Waals surface area contributed by atoms with Gasteiger partial charge in [-0.2, -0.15) is 4.37 Å². The molecule has 0 saturated carbocycles. The van der Waals surface area contributed by atoms with Gasteiger partial charge in [-0.25, -0.2) is 4.98 Å². The maximum Gasteiger partial charge on any atom is 0.173 e. The van der Waals surface area contributed by atoms with Crippen molar-refractivity contribution in [1.82, 2.24) is 9.36 Å². The Morgan fingerprint density at radius 3 is 2.59 bits per heavy atom. The molecule has 0 aliphatic heterocycles. The number of hydrogen-bond acceptors (Lipinski definition) is 3. The predicted octanol–water partition coefficient (Wildman–Crippen LogP) is 4.96. The lowest BCUT2D eigenvalue weighted by atomic mass is 9.84. The highest BCUT2D eigenvalue weighted by molar-refractivity contribution is 7.09. The van der Waals surface area contributed by atoms with Gasteiger partial charge in [0.1, 0.15) is 5.01 Å². The van der Waals surface area contributed by atoms with Crippen molar-refractivity contribution in [3.63, 3.8) is 0 Å². The summed E-state index contributed by atoms with van der Waals surface area (Å²) in [5, 5.41) is 6.07. The van der Waals surface area contributed by atoms with Crippen molar-refractivity contribution >= 4 is 40.0 Å². The van der Waals surface area contributed by atoms with Crippen LogP contribution in [0.4, 0.5) is 0 Å². The zero-order valence-corrected chi connectivity index (χ0v) is 16.6. The third-order valence-corrected chi connectivity index (χ3v) is 6.49. The molecule has 0 bridgehead atoms. The van der Waals surface area contributed by atoms with Crippen molar-refractivity contribution in [2.24, 2.45) is 5.92 Å². The van der Waals surface area contributed by atoms with Crippen LogP contribution in [0.15, 0.2) is 84.5 Å². The molecule has 0 N–H and O–H groups in total. The Morgan fingerprint density at radius 1 is 0.828 bits per heavy atom. The fourth-order valence-electron chi connectivity index (χ4n) is 4.18. The second-order valence-electron chi connectivity index (χ2n) is 7.57. The molecular weight excluding hydrogens is 372 g/mol. The summed E-state index contributed by atoms with van der Waals surface area (Å²) in [4.78, 5) is 4.86. The monoisotopic (exact) mass is 390 g/mol. The van der Waals surface area contributed by atoms with Crippen LogP contribution in [0.2, 0.25) is 0 Å². The van der Waals surface area contributed by atoms with Gasteiger partial charge in [-0.05, 0) is 56.9 Å². The van der Waals surface area contributed by atoms with Gasteiger partial charge in [-0.15, -0.1) is 0 Å². The lowest BCUT2D eigenvalue weighted by Gasteiger charge is -2.20. The Balaban J connectivity index is 1.36. The summed E-state index contributed by atoms with van der Waals surface area (Å²) in [6, 6.07) is 23.5. The minimum Gasteiger partial charge on any atom is -0.215 e. The molecule has 3 aromatic carbocycles. The molecule has 0 amide bonds. The van der Waals surface area contributed by atoms with Crippen molar-refractivity contribution in [1.29, 1.82) is 0 Å². The number of nitrogens with zero attached hydrogens (tertiary/aromatic N) is 2. The minimum atomic E-state index is 0.451. The molecule has 4 aromatic rings. The molecule has 1 unspecified atom stereocenters. The lowest BCUT2D eigenvalue weighted by Crippen LogP contribution is -2.29. The highest BCUT2D eigenvalue weighted by atomic mass is 32.1. The van der Waals surface area contributed by atoms with Crippen molar-refractivity contribution in [3.05, 3.63) is 101 Å². The second kappa shape index (κ2) is 6.64. The third-order valence-electron chi connectivity index (χ3n) is 5.72. The van der Waals surface area contributed by atoms with Crippen molar-refractivity contribution in [3.8, 4) is 10.6 Å². The predicted molar refractivity (Wildman–Crippen MR) is 122 cm³/mol. The molecule has 138 valence electrons. The van der Waals surface area contributed by atoms with E-state index in [1.54, 1.807) is 0 Å². The zero-order valence-electron chi connectivity index (χ0n) is 15.7. The van der Waals surface area contributed by atoms with Gasteiger partial charge in [-0.1, -0.05) is 78.9 Å². The van der Waals surface area contributed by atoms with Gasteiger partial charge in [0.25, 0.3) is 0 Å². The van der Waals surface area contributed by atoms with E-state index in [9.17, 15) is 0 Å². The Kier molecular flexibility index (Phi) is 3.81. The molecule has 2 nitrogen and oxygen atoms in total. The van der Waals surface area contributed by atoms with Crippen molar-refractivity contribution in [2.75, 3.05) is 0 Å². The SMILES string of the molecule is C1=C(c2nsc(-c3ccc4ccccc4c3)n2)C=C2C=c3ccccc3=CC2C1. The number of aromatic nitrogens is 2. The number of hydrogen-bond donors (Lipinski definition) is 0. The van der Waals surface area contributed by atoms with Crippen molar-refractivity contribution in [2.45, 2.75) is 6.42 Å². The fourth-order valence-corrected chi connectivity index (χ4v) is 4.85. The van der Waals surface area contributed by atoms with E-state index in [0.29, 0.717) is 5.92 Å². The Hall–Kier alpha value is -3.30. The molecule has 0 saturated heterocycles. The van der Waals surface area contributed by atoms with E-state index >= 15 is 0 Å². The van der Waals surface area contributed by atoms with Crippen LogP contribution in [0.5, 0.6) is 0 Å². The van der Waals surface area contributed by atoms with Crippen LogP contribution >= 0.6 is 11.5 Å². The molecule has 1 heterocycles. The maximum atomic E-state index is 4.86. The molecule has 6 rings (SSSR count). The summed E-state index contributed by atoms with van der Waals surface area (Å²) in [7, 11) is 0. The van der Waals surface area contributed by atoms with E-state index in [4.69, 9.17) is 4.98 Å². The normalized spacial score (nSPS) is 17.4. The van der Waals surface area contributed by atoms with Gasteiger partial charge in [0.05, 0.1) is 0 Å². The first-order chi connectivity index (χ1) is 14.3. The number of allylic oxidation sites excluding steroid dienone is 4. The van der Waals surface area contributed by atoms with Crippen LogP contribution in [0.25, 0.3) is 39.1 Å². The van der Waals surface area contributed by atoms with Gasteiger partial charge in [0.15, 0.2) is 5.82 Å². The molecule has 0 radical (unpaired) electrons. The summed E-state index contributed by atoms with van der Waals surface area (Å²) < 4.78 is 4.67. The average molecular weight is 391 g/mol. The second-order valence-corrected chi connectivity index (χ2v) is 8.32. The van der Waals surface area contributed by atoms with Gasteiger partial charge >= 0.3 is 0 Å². The van der Waals surface area contributed by atoms with Gasteiger partial charge in [0, 0.05) is 17.1 Å². The highest BCUT2D eigenvalue weighted by Gasteiger charge is 2.19. The molecule has 3 heteroatoms. The van der Waals surface area contributed by atoms with Crippen LogP contribution in [0.1, 0.15) is 12.2 Å². The first kappa shape index (κ1) is 16.6. The van der Waals surface area contributed by atoms with Gasteiger partial charge < -0.3 is 0 Å². The maximum absolute atomic E-state index is 4.86. The quantitative estimate of drug-likeness (QED) is 0.483. The smallest absolute Gasteiger partial charge is 0.173 e. The van der Waals surface area contributed by atoms with E-state index in [-0.39, 0.29) is 0 Å². The standard InChI is InChI=1S/C26H18N2S/c1-2-6-18-14-23(12-9-17(18)5-1)26-27-25(28-29-26)22-11-10-21-13-19-7-3-4-8-20(19)15-24(21)16-22/h1-9,11-16,21H,10H2. The summed E-state index contributed by atoms with van der Waals surface area (Å²) >= 11 is 1.47. The lowest BCUT2D eigenvalue weighted by molar-refractivity contribution is 0.831. The topological polar surface area (TPSA) is 25.8 Å². The summed E-state index contributed by atoms with van der Waals surface area (Å²) in [5.41, 5.74) is 3.60.